The molecule has 0 fully saturated rings. The monoisotopic (exact) mass is 391 g/mol. The zero-order valence-corrected chi connectivity index (χ0v) is 16.0. The van der Waals surface area contributed by atoms with Crippen LogP contribution in [0.1, 0.15) is 24.3 Å². The number of hydrogen-bond acceptors (Lipinski definition) is 4. The molecular formula is C21H21N5O3. The summed E-state index contributed by atoms with van der Waals surface area (Å²) in [6.45, 7) is 3.70. The maximum atomic E-state index is 12.7. The van der Waals surface area contributed by atoms with Crippen LogP contribution in [0.2, 0.25) is 0 Å². The van der Waals surface area contributed by atoms with Gasteiger partial charge < -0.3 is 16.0 Å². The van der Waals surface area contributed by atoms with Crippen LogP contribution < -0.4 is 21.5 Å². The van der Waals surface area contributed by atoms with Gasteiger partial charge in [-0.1, -0.05) is 30.3 Å². The molecule has 0 saturated heterocycles. The third kappa shape index (κ3) is 5.07. The van der Waals surface area contributed by atoms with Crippen LogP contribution in [0.25, 0.3) is 5.69 Å². The third-order valence-electron chi connectivity index (χ3n) is 3.88. The van der Waals surface area contributed by atoms with Crippen LogP contribution in [0.3, 0.4) is 0 Å². The van der Waals surface area contributed by atoms with E-state index >= 15 is 0 Å². The number of rotatable bonds is 5. The first-order valence-electron chi connectivity index (χ1n) is 9.08. The fourth-order valence-corrected chi connectivity index (χ4v) is 2.59. The number of amides is 3. The molecule has 3 rings (SSSR count). The Bertz CT molecular complexity index is 1080. The van der Waals surface area contributed by atoms with E-state index in [2.05, 4.69) is 21.0 Å². The molecule has 2 aromatic carbocycles. The molecule has 0 aliphatic heterocycles. The molecule has 0 atom stereocenters. The highest BCUT2D eigenvalue weighted by Crippen LogP contribution is 2.21. The van der Waals surface area contributed by atoms with Crippen LogP contribution in [-0.2, 0) is 0 Å². The second kappa shape index (κ2) is 8.83. The van der Waals surface area contributed by atoms with Gasteiger partial charge in [0, 0.05) is 12.1 Å². The van der Waals surface area contributed by atoms with Gasteiger partial charge in [0.1, 0.15) is 5.69 Å². The predicted molar refractivity (Wildman–Crippen MR) is 112 cm³/mol. The number of nitrogens with zero attached hydrogens (tertiary/aromatic N) is 2. The second-order valence-corrected chi connectivity index (χ2v) is 6.56. The van der Waals surface area contributed by atoms with Crippen LogP contribution in [0.4, 0.5) is 16.2 Å². The smallest absolute Gasteiger partial charge is 0.319 e. The van der Waals surface area contributed by atoms with Crippen LogP contribution in [0.5, 0.6) is 0 Å². The molecule has 3 N–H and O–H groups in total. The highest BCUT2D eigenvalue weighted by Gasteiger charge is 2.14. The Kier molecular flexibility index (Phi) is 6.03. The van der Waals surface area contributed by atoms with Crippen molar-refractivity contribution in [2.24, 2.45) is 0 Å². The van der Waals surface area contributed by atoms with Crippen molar-refractivity contribution >= 4 is 23.3 Å². The quantitative estimate of drug-likeness (QED) is 0.622. The van der Waals surface area contributed by atoms with Crippen molar-refractivity contribution in [2.45, 2.75) is 19.9 Å². The zero-order chi connectivity index (χ0) is 20.8. The van der Waals surface area contributed by atoms with E-state index in [0.29, 0.717) is 17.1 Å². The highest BCUT2D eigenvalue weighted by atomic mass is 16.2. The molecule has 0 spiro atoms. The number of nitrogens with one attached hydrogen (secondary N) is 3. The van der Waals surface area contributed by atoms with Gasteiger partial charge in [0.25, 0.3) is 11.5 Å². The average molecular weight is 391 g/mol. The molecule has 0 bridgehead atoms. The van der Waals surface area contributed by atoms with Crippen LogP contribution >= 0.6 is 0 Å². The van der Waals surface area contributed by atoms with Crippen LogP contribution in [0, 0.1) is 0 Å². The number of anilines is 2. The van der Waals surface area contributed by atoms with Crippen LogP contribution in [0.15, 0.2) is 71.5 Å². The molecule has 1 heterocycles. The molecule has 0 aliphatic rings. The first kappa shape index (κ1) is 19.8. The standard InChI is InChI=1S/C21H21N5O3/c1-14(2)22-21(29)24-17-11-7-6-10-16(17)23-20(28)18-12-13-19(27)26(25-18)15-8-4-3-5-9-15/h3-14H,1-2H3,(H,23,28)(H2,22,24,29). The summed E-state index contributed by atoms with van der Waals surface area (Å²) in [5.74, 6) is -0.506. The first-order chi connectivity index (χ1) is 13.9. The summed E-state index contributed by atoms with van der Waals surface area (Å²) >= 11 is 0. The minimum Gasteiger partial charge on any atom is -0.336 e. The lowest BCUT2D eigenvalue weighted by Crippen LogP contribution is -2.34. The van der Waals surface area contributed by atoms with Gasteiger partial charge >= 0.3 is 6.03 Å². The molecule has 29 heavy (non-hydrogen) atoms. The summed E-state index contributed by atoms with van der Waals surface area (Å²) in [6.07, 6.45) is 0. The molecule has 148 valence electrons. The van der Waals surface area contributed by atoms with Gasteiger partial charge in [-0.15, -0.1) is 0 Å². The Morgan fingerprint density at radius 2 is 1.48 bits per heavy atom. The Morgan fingerprint density at radius 3 is 2.14 bits per heavy atom. The van der Waals surface area contributed by atoms with E-state index in [0.717, 1.165) is 4.68 Å². The Hall–Kier alpha value is -3.94. The number of hydrogen-bond donors (Lipinski definition) is 3. The topological polar surface area (TPSA) is 105 Å². The third-order valence-corrected chi connectivity index (χ3v) is 3.88. The fraction of sp³-hybridized carbons (Fsp3) is 0.143. The normalized spacial score (nSPS) is 10.4. The van der Waals surface area contributed by atoms with E-state index in [1.165, 1.54) is 12.1 Å². The summed E-state index contributed by atoms with van der Waals surface area (Å²) in [5.41, 5.74) is 1.13. The number of carbonyl (C=O) groups is 2. The number of urea groups is 1. The van der Waals surface area contributed by atoms with Crippen molar-refractivity contribution in [3.05, 3.63) is 82.8 Å². The summed E-state index contributed by atoms with van der Waals surface area (Å²) < 4.78 is 1.16. The van der Waals surface area contributed by atoms with E-state index in [-0.39, 0.29) is 23.3 Å². The predicted octanol–water partition coefficient (Wildman–Crippen LogP) is 3.01. The molecular weight excluding hydrogens is 370 g/mol. The number of aromatic nitrogens is 2. The summed E-state index contributed by atoms with van der Waals surface area (Å²) in [4.78, 5) is 36.8. The van der Waals surface area contributed by atoms with Crippen molar-refractivity contribution in [3.63, 3.8) is 0 Å². The van der Waals surface area contributed by atoms with E-state index in [1.54, 1.807) is 48.5 Å². The maximum absolute atomic E-state index is 12.7. The van der Waals surface area contributed by atoms with Gasteiger partial charge in [-0.25, -0.2) is 4.79 Å². The minimum atomic E-state index is -0.506. The minimum absolute atomic E-state index is 0.0278. The molecule has 0 saturated carbocycles. The molecule has 0 unspecified atom stereocenters. The van der Waals surface area contributed by atoms with Gasteiger partial charge in [0.2, 0.25) is 0 Å². The van der Waals surface area contributed by atoms with Crippen molar-refractivity contribution in [1.82, 2.24) is 15.1 Å². The van der Waals surface area contributed by atoms with Crippen molar-refractivity contribution in [3.8, 4) is 5.69 Å². The van der Waals surface area contributed by atoms with E-state index in [1.807, 2.05) is 19.9 Å². The molecule has 8 heteroatoms. The van der Waals surface area contributed by atoms with Crippen molar-refractivity contribution < 1.29 is 9.59 Å². The lowest BCUT2D eigenvalue weighted by atomic mass is 10.2. The van der Waals surface area contributed by atoms with Crippen molar-refractivity contribution in [1.29, 1.82) is 0 Å². The van der Waals surface area contributed by atoms with Gasteiger partial charge in [-0.3, -0.25) is 9.59 Å². The Morgan fingerprint density at radius 1 is 0.862 bits per heavy atom. The van der Waals surface area contributed by atoms with Crippen molar-refractivity contribution in [2.75, 3.05) is 10.6 Å². The SMILES string of the molecule is CC(C)NC(=O)Nc1ccccc1NC(=O)c1ccc(=O)n(-c2ccccc2)n1. The van der Waals surface area contributed by atoms with Gasteiger partial charge in [0.15, 0.2) is 0 Å². The summed E-state index contributed by atoms with van der Waals surface area (Å²) in [5, 5.41) is 12.3. The van der Waals surface area contributed by atoms with Gasteiger partial charge in [-0.2, -0.15) is 9.78 Å². The van der Waals surface area contributed by atoms with Crippen LogP contribution in [-0.4, -0.2) is 27.8 Å². The molecule has 3 aromatic rings. The molecule has 0 aliphatic carbocycles. The lowest BCUT2D eigenvalue weighted by molar-refractivity contribution is 0.102. The Balaban J connectivity index is 1.83. The van der Waals surface area contributed by atoms with E-state index < -0.39 is 5.91 Å². The maximum Gasteiger partial charge on any atom is 0.319 e. The second-order valence-electron chi connectivity index (χ2n) is 6.56. The molecule has 8 nitrogen and oxygen atoms in total. The molecule has 1 aromatic heterocycles. The largest absolute Gasteiger partial charge is 0.336 e. The summed E-state index contributed by atoms with van der Waals surface area (Å²) in [7, 11) is 0. The molecule has 0 radical (unpaired) electrons. The lowest BCUT2D eigenvalue weighted by Gasteiger charge is -2.14. The number of para-hydroxylation sites is 3. The van der Waals surface area contributed by atoms with E-state index in [4.69, 9.17) is 0 Å². The number of carbonyl (C=O) groups excluding carboxylic acids is 2. The highest BCUT2D eigenvalue weighted by molar-refractivity contribution is 6.06. The average Bonchev–Trinajstić information content (AvgIpc) is 2.70. The summed E-state index contributed by atoms with van der Waals surface area (Å²) in [6, 6.07) is 17.9. The fourth-order valence-electron chi connectivity index (χ4n) is 2.59. The Labute approximate surface area is 167 Å². The first-order valence-corrected chi connectivity index (χ1v) is 9.08. The van der Waals surface area contributed by atoms with Gasteiger partial charge in [-0.05, 0) is 44.2 Å². The van der Waals surface area contributed by atoms with Gasteiger partial charge in [0.05, 0.1) is 17.1 Å². The molecule has 3 amide bonds. The van der Waals surface area contributed by atoms with E-state index in [9.17, 15) is 14.4 Å². The zero-order valence-electron chi connectivity index (χ0n) is 16.0. The number of benzene rings is 2.